The molecule has 1 aliphatic rings. The van der Waals surface area contributed by atoms with E-state index in [-0.39, 0.29) is 5.97 Å². The summed E-state index contributed by atoms with van der Waals surface area (Å²) in [6.07, 6.45) is 0. The van der Waals surface area contributed by atoms with Crippen LogP contribution in [-0.2, 0) is 9.53 Å². The molecule has 1 atom stereocenters. The number of aromatic nitrogens is 3. The van der Waals surface area contributed by atoms with Gasteiger partial charge in [0.1, 0.15) is 11.8 Å². The number of fused-ring (bicyclic) bond motifs is 1. The van der Waals surface area contributed by atoms with E-state index in [2.05, 4.69) is 10.3 Å². The topological polar surface area (TPSA) is 78.3 Å². The fraction of sp³-hybridized carbons (Fsp3) is 0.227. The summed E-state index contributed by atoms with van der Waals surface area (Å²) in [7, 11) is 1.62. The number of nitrogens with one attached hydrogen (secondary N) is 1. The predicted molar refractivity (Wildman–Crippen MR) is 110 cm³/mol. The molecule has 0 spiro atoms. The molecule has 0 bridgehead atoms. The van der Waals surface area contributed by atoms with Crippen LogP contribution in [0.1, 0.15) is 25.5 Å². The molecule has 0 amide bonds. The van der Waals surface area contributed by atoms with Gasteiger partial charge in [-0.1, -0.05) is 42.5 Å². The van der Waals surface area contributed by atoms with E-state index >= 15 is 0 Å². The summed E-state index contributed by atoms with van der Waals surface area (Å²) in [6, 6.07) is 16.9. The summed E-state index contributed by atoms with van der Waals surface area (Å²) in [4.78, 5) is 17.4. The highest BCUT2D eigenvalue weighted by molar-refractivity contribution is 5.92. The lowest BCUT2D eigenvalue weighted by Crippen LogP contribution is -2.29. The maximum absolute atomic E-state index is 12.8. The van der Waals surface area contributed by atoms with Gasteiger partial charge in [-0.3, -0.25) is 0 Å². The summed E-state index contributed by atoms with van der Waals surface area (Å²) >= 11 is 0. The molecule has 1 unspecified atom stereocenters. The van der Waals surface area contributed by atoms with Gasteiger partial charge in [-0.15, -0.1) is 5.10 Å². The maximum Gasteiger partial charge on any atom is 0.338 e. The Morgan fingerprint density at radius 2 is 1.86 bits per heavy atom. The second-order valence-electron chi connectivity index (χ2n) is 6.60. The molecule has 7 heteroatoms. The zero-order valence-corrected chi connectivity index (χ0v) is 16.5. The van der Waals surface area contributed by atoms with Crippen LogP contribution in [0.4, 0.5) is 5.95 Å². The molecular formula is C22H22N4O3. The van der Waals surface area contributed by atoms with Gasteiger partial charge in [0.2, 0.25) is 5.95 Å². The van der Waals surface area contributed by atoms with E-state index in [0.29, 0.717) is 35.4 Å². The monoisotopic (exact) mass is 390 g/mol. The van der Waals surface area contributed by atoms with Gasteiger partial charge in [0, 0.05) is 5.70 Å². The van der Waals surface area contributed by atoms with E-state index in [1.807, 2.05) is 61.5 Å². The number of esters is 1. The number of methoxy groups -OCH3 is 1. The smallest absolute Gasteiger partial charge is 0.338 e. The standard InChI is InChI=1S/C22H22N4O3/c1-4-29-21(27)18-14(2)23-22-24-20(16-12-8-9-13-17(16)28-3)25-26(22)19(18)15-10-6-5-7-11-15/h5-13,19H,4H2,1-3H3,(H,23,24,25). The Morgan fingerprint density at radius 1 is 1.14 bits per heavy atom. The number of allylic oxidation sites excluding steroid dienone is 1. The first-order chi connectivity index (χ1) is 14.1. The summed E-state index contributed by atoms with van der Waals surface area (Å²) in [5.41, 5.74) is 2.92. The van der Waals surface area contributed by atoms with Crippen molar-refractivity contribution in [2.45, 2.75) is 19.9 Å². The number of hydrogen-bond donors (Lipinski definition) is 1. The Morgan fingerprint density at radius 3 is 2.59 bits per heavy atom. The average molecular weight is 390 g/mol. The van der Waals surface area contributed by atoms with Crippen LogP contribution < -0.4 is 10.1 Å². The van der Waals surface area contributed by atoms with Crippen molar-refractivity contribution in [3.8, 4) is 17.1 Å². The first-order valence-corrected chi connectivity index (χ1v) is 9.43. The second-order valence-corrected chi connectivity index (χ2v) is 6.60. The van der Waals surface area contributed by atoms with Crippen LogP contribution >= 0.6 is 0 Å². The zero-order valence-electron chi connectivity index (χ0n) is 16.5. The van der Waals surface area contributed by atoms with E-state index in [0.717, 1.165) is 11.1 Å². The fourth-order valence-electron chi connectivity index (χ4n) is 3.51. The normalized spacial score (nSPS) is 15.5. The van der Waals surface area contributed by atoms with Crippen molar-refractivity contribution in [1.29, 1.82) is 0 Å². The first kappa shape index (κ1) is 18.7. The minimum Gasteiger partial charge on any atom is -0.496 e. The highest BCUT2D eigenvalue weighted by Gasteiger charge is 2.35. The number of carbonyl (C=O) groups excluding carboxylic acids is 1. The Hall–Kier alpha value is -3.61. The van der Waals surface area contributed by atoms with Gasteiger partial charge in [0.25, 0.3) is 0 Å². The third-order valence-electron chi connectivity index (χ3n) is 4.81. The van der Waals surface area contributed by atoms with E-state index in [1.165, 1.54) is 0 Å². The highest BCUT2D eigenvalue weighted by atomic mass is 16.5. The molecular weight excluding hydrogens is 368 g/mol. The van der Waals surface area contributed by atoms with Crippen LogP contribution in [0.2, 0.25) is 0 Å². The number of carbonyl (C=O) groups is 1. The van der Waals surface area contributed by atoms with Crippen molar-refractivity contribution < 1.29 is 14.3 Å². The van der Waals surface area contributed by atoms with E-state index in [4.69, 9.17) is 14.6 Å². The minimum atomic E-state index is -0.442. The van der Waals surface area contributed by atoms with Gasteiger partial charge in [-0.05, 0) is 31.5 Å². The van der Waals surface area contributed by atoms with Gasteiger partial charge in [-0.25, -0.2) is 9.48 Å². The lowest BCUT2D eigenvalue weighted by Gasteiger charge is -2.28. The number of benzene rings is 2. The Labute approximate surface area is 169 Å². The van der Waals surface area contributed by atoms with E-state index in [9.17, 15) is 4.79 Å². The van der Waals surface area contributed by atoms with E-state index in [1.54, 1.807) is 18.7 Å². The van der Waals surface area contributed by atoms with Crippen molar-refractivity contribution >= 4 is 11.9 Å². The van der Waals surface area contributed by atoms with Crippen LogP contribution in [0.25, 0.3) is 11.4 Å². The molecule has 7 nitrogen and oxygen atoms in total. The zero-order chi connectivity index (χ0) is 20.4. The fourth-order valence-corrected chi connectivity index (χ4v) is 3.51. The van der Waals surface area contributed by atoms with Crippen molar-refractivity contribution in [3.63, 3.8) is 0 Å². The van der Waals surface area contributed by atoms with Gasteiger partial charge < -0.3 is 14.8 Å². The lowest BCUT2D eigenvalue weighted by molar-refractivity contribution is -0.139. The Bertz CT molecular complexity index is 1070. The SMILES string of the molecule is CCOC(=O)C1=C(C)Nc2nc(-c3ccccc3OC)nn2C1c1ccccc1. The molecule has 0 fully saturated rings. The lowest BCUT2D eigenvalue weighted by atomic mass is 9.96. The number of hydrogen-bond acceptors (Lipinski definition) is 6. The molecule has 1 aromatic heterocycles. The predicted octanol–water partition coefficient (Wildman–Crippen LogP) is 3.81. The van der Waals surface area contributed by atoms with Gasteiger partial charge in [0.05, 0.1) is 24.9 Å². The summed E-state index contributed by atoms with van der Waals surface area (Å²) in [6.45, 7) is 3.94. The number of ether oxygens (including phenoxy) is 2. The minimum absolute atomic E-state index is 0.299. The molecule has 148 valence electrons. The Balaban J connectivity index is 1.87. The van der Waals surface area contributed by atoms with Crippen LogP contribution in [0, 0.1) is 0 Å². The average Bonchev–Trinajstić information content (AvgIpc) is 3.16. The molecule has 1 N–H and O–H groups in total. The second kappa shape index (κ2) is 7.79. The molecule has 29 heavy (non-hydrogen) atoms. The molecule has 1 aliphatic heterocycles. The summed E-state index contributed by atoms with van der Waals surface area (Å²) in [5, 5.41) is 7.94. The van der Waals surface area contributed by atoms with Crippen molar-refractivity contribution in [3.05, 3.63) is 71.4 Å². The van der Waals surface area contributed by atoms with E-state index < -0.39 is 6.04 Å². The molecule has 2 aromatic carbocycles. The molecule has 0 saturated carbocycles. The summed E-state index contributed by atoms with van der Waals surface area (Å²) < 4.78 is 12.5. The number of para-hydroxylation sites is 1. The van der Waals surface area contributed by atoms with Crippen molar-refractivity contribution in [2.24, 2.45) is 0 Å². The molecule has 3 aromatic rings. The van der Waals surface area contributed by atoms with Crippen LogP contribution in [0.3, 0.4) is 0 Å². The first-order valence-electron chi connectivity index (χ1n) is 9.43. The van der Waals surface area contributed by atoms with Crippen LogP contribution in [-0.4, -0.2) is 34.5 Å². The molecule has 4 rings (SSSR count). The number of anilines is 1. The molecule has 0 saturated heterocycles. The Kier molecular flexibility index (Phi) is 5.03. The maximum atomic E-state index is 12.8. The molecule has 0 radical (unpaired) electrons. The van der Waals surface area contributed by atoms with Crippen molar-refractivity contribution in [1.82, 2.24) is 14.8 Å². The van der Waals surface area contributed by atoms with Gasteiger partial charge >= 0.3 is 5.97 Å². The quantitative estimate of drug-likeness (QED) is 0.668. The molecule has 2 heterocycles. The van der Waals surface area contributed by atoms with Crippen LogP contribution in [0.15, 0.2) is 65.9 Å². The third kappa shape index (κ3) is 3.35. The number of nitrogens with zero attached hydrogens (tertiary/aromatic N) is 3. The molecule has 0 aliphatic carbocycles. The largest absolute Gasteiger partial charge is 0.496 e. The van der Waals surface area contributed by atoms with Crippen molar-refractivity contribution in [2.75, 3.05) is 19.0 Å². The van der Waals surface area contributed by atoms with Crippen LogP contribution in [0.5, 0.6) is 5.75 Å². The van der Waals surface area contributed by atoms with Gasteiger partial charge in [0.15, 0.2) is 5.82 Å². The van der Waals surface area contributed by atoms with Gasteiger partial charge in [-0.2, -0.15) is 4.98 Å². The third-order valence-corrected chi connectivity index (χ3v) is 4.81. The highest BCUT2D eigenvalue weighted by Crippen LogP contribution is 2.37. The summed E-state index contributed by atoms with van der Waals surface area (Å²) in [5.74, 6) is 1.39. The number of rotatable bonds is 5.